The zero-order valence-electron chi connectivity index (χ0n) is 46.4. The number of ketones is 1. The first-order valence-corrected chi connectivity index (χ1v) is 28.3. The number of hydrazine groups is 1. The van der Waals surface area contributed by atoms with Gasteiger partial charge in [-0.2, -0.15) is 0 Å². The van der Waals surface area contributed by atoms with E-state index in [9.17, 15) is 33.6 Å². The third kappa shape index (κ3) is 13.6. The van der Waals surface area contributed by atoms with Crippen LogP contribution in [0.2, 0.25) is 5.02 Å². The number of methoxy groups -OCH3 is 2. The van der Waals surface area contributed by atoms with Gasteiger partial charge in [0.1, 0.15) is 36.0 Å². The van der Waals surface area contributed by atoms with Crippen LogP contribution < -0.4 is 29.7 Å². The Kier molecular flexibility index (Phi) is 18.5. The van der Waals surface area contributed by atoms with Crippen LogP contribution in [0.25, 0.3) is 0 Å². The summed E-state index contributed by atoms with van der Waals surface area (Å²) in [5, 5.41) is 9.69. The zero-order valence-corrected chi connectivity index (χ0v) is 48.8. The third-order valence-corrected chi connectivity index (χ3v) is 17.0. The molecule has 5 heterocycles. The minimum Gasteiger partial charge on any atom is -0.541 e. The van der Waals surface area contributed by atoms with Crippen molar-refractivity contribution < 1.29 is 71.2 Å². The number of esters is 1. The second kappa shape index (κ2) is 25.0. The van der Waals surface area contributed by atoms with Gasteiger partial charge in [0.15, 0.2) is 29.5 Å². The van der Waals surface area contributed by atoms with E-state index in [1.54, 1.807) is 59.4 Å². The fraction of sp³-hybridized carbons (Fsp3) is 0.473. The lowest BCUT2D eigenvalue weighted by molar-refractivity contribution is -0.908. The molecule has 8 rings (SSSR count). The van der Waals surface area contributed by atoms with Crippen LogP contribution in [-0.2, 0) is 51.4 Å². The number of thiazole rings is 1. The number of thioether (sulfide) groups is 1. The van der Waals surface area contributed by atoms with Gasteiger partial charge >= 0.3 is 26.0 Å². The normalized spacial score (nSPS) is 19.6. The number of likely N-dealkylation sites (tertiary alicyclic amines) is 1. The van der Waals surface area contributed by atoms with Crippen LogP contribution in [0.4, 0.5) is 4.79 Å². The highest BCUT2D eigenvalue weighted by molar-refractivity contribution is 8.02. The molecular formula is C55H65BClN8O14S2+. The number of amides is 5. The lowest BCUT2D eigenvalue weighted by Crippen LogP contribution is -2.60. The molecule has 2 N–H and O–H groups in total. The van der Waals surface area contributed by atoms with Crippen molar-refractivity contribution in [2.24, 2.45) is 11.1 Å². The fourth-order valence-electron chi connectivity index (χ4n) is 9.79. The molecule has 0 saturated carbocycles. The molecule has 5 amide bonds. The molecule has 22 nitrogen and oxygen atoms in total. The molecule has 4 fully saturated rings. The van der Waals surface area contributed by atoms with E-state index in [2.05, 4.69) is 20.9 Å². The second-order valence-corrected chi connectivity index (χ2v) is 24.3. The van der Waals surface area contributed by atoms with E-state index in [0.29, 0.717) is 46.4 Å². The number of aryl methyl sites for hydroxylation is 1. The minimum absolute atomic E-state index is 0.0221. The summed E-state index contributed by atoms with van der Waals surface area (Å²) in [6.07, 6.45) is 1.29. The van der Waals surface area contributed by atoms with Crippen LogP contribution in [-0.4, -0.2) is 168 Å². The molecule has 26 heteroatoms. The highest BCUT2D eigenvalue weighted by Gasteiger charge is 2.66. The van der Waals surface area contributed by atoms with Gasteiger partial charge in [-0.15, -0.1) is 11.3 Å². The highest BCUT2D eigenvalue weighted by atomic mass is 35.5. The summed E-state index contributed by atoms with van der Waals surface area (Å²) in [7, 11) is 8.66. The number of carbonyl (C=O) groups is 7. The van der Waals surface area contributed by atoms with Crippen molar-refractivity contribution in [2.45, 2.75) is 95.5 Å². The quantitative estimate of drug-likeness (QED) is 0.0212. The van der Waals surface area contributed by atoms with Gasteiger partial charge in [0, 0.05) is 31.2 Å². The van der Waals surface area contributed by atoms with Gasteiger partial charge in [0.2, 0.25) is 16.4 Å². The zero-order chi connectivity index (χ0) is 58.4. The Balaban J connectivity index is 0.889. The van der Waals surface area contributed by atoms with Crippen molar-refractivity contribution >= 4 is 89.9 Å². The number of Topliss-reactive ketones (excluding diaryl/α,β-unsaturated/α-hetero) is 1. The number of halogens is 1. The number of nitrogens with zero attached hydrogens (tertiary/aromatic N) is 6. The number of ether oxygens (including phenoxy) is 5. The number of quaternary nitrogens is 1. The van der Waals surface area contributed by atoms with Crippen molar-refractivity contribution in [1.82, 2.24) is 30.5 Å². The summed E-state index contributed by atoms with van der Waals surface area (Å²) in [6, 6.07) is 17.2. The maximum Gasteiger partial charge on any atom is 0.378 e. The predicted molar refractivity (Wildman–Crippen MR) is 300 cm³/mol. The lowest BCUT2D eigenvalue weighted by atomic mass is 9.90. The van der Waals surface area contributed by atoms with Crippen molar-refractivity contribution in [3.05, 3.63) is 98.5 Å². The largest absolute Gasteiger partial charge is 0.541 e. The highest BCUT2D eigenvalue weighted by Crippen LogP contribution is 2.53. The number of fused-ring (bicyclic) bond motifs is 1. The number of benzene rings is 3. The number of hydrogen-bond acceptors (Lipinski definition) is 18. The molecule has 0 spiro atoms. The van der Waals surface area contributed by atoms with Crippen molar-refractivity contribution in [3.63, 3.8) is 0 Å². The minimum atomic E-state index is -1.83. The van der Waals surface area contributed by atoms with Crippen LogP contribution in [0.3, 0.4) is 0 Å². The molecule has 3 atom stereocenters. The molecule has 4 aliphatic heterocycles. The lowest BCUT2D eigenvalue weighted by Gasteiger charge is -2.40. The number of hydrogen-bond donors (Lipinski definition) is 2. The Labute approximate surface area is 484 Å². The third-order valence-electron chi connectivity index (χ3n) is 14.1. The van der Waals surface area contributed by atoms with Crippen LogP contribution in [0.1, 0.15) is 86.1 Å². The van der Waals surface area contributed by atoms with Gasteiger partial charge in [-0.25, -0.2) is 19.6 Å². The summed E-state index contributed by atoms with van der Waals surface area (Å²) < 4.78 is 33.5. The SMILES string of the molecule is [B]OC(=O)[C@@]1(N2CCN(NC(=O)C[N+]3(CCNC(=O)c4ccc(OCc5ccc(OC)cc5)c(OCc5ccc(OC)cc5)c4Cl)CCCC3)C2=O)CN2C(=O)[C@@H](CC(=O)/C(=N\OC(C)(C)C(=O)OC(C)(C)C)c3csc(C)n3)[C@H]2S1. The molecule has 1 aromatic heterocycles. The number of carbonyl (C=O) groups excluding carboxylic acids is 7. The van der Waals surface area contributed by atoms with Gasteiger partial charge in [-0.3, -0.25) is 34.3 Å². The average molecular weight is 1170 g/mol. The Morgan fingerprint density at radius 2 is 1.54 bits per heavy atom. The number of rotatable bonds is 24. The van der Waals surface area contributed by atoms with Crippen LogP contribution >= 0.6 is 34.7 Å². The number of urea groups is 1. The molecule has 430 valence electrons. The van der Waals surface area contributed by atoms with E-state index >= 15 is 0 Å². The molecule has 0 unspecified atom stereocenters. The van der Waals surface area contributed by atoms with Gasteiger partial charge in [0.05, 0.1) is 80.4 Å². The number of β-lactam (4-membered cyclic amide) rings is 1. The standard InChI is InChI=1S/C55H64BClN8O14S2/c1-33-59-40(31-80-33)45(61-79-54(5,6)50(70)77-53(2,3)4)41(66)27-39-48(69)62-32-55(51(71)78-56,81-49(39)62)63-22-23-64(52(63)72)60-43(67)28-65(24-9-10-25-65)26-21-58-47(68)38-19-20-42(75-29-34-11-15-36(73-7)16-12-34)46(44(38)57)76-30-35-13-17-37(74-8)18-14-35/h11-20,31,39,49H,9-10,21-30,32H2,1-8H3,(H-,58,60,67,68)/p+1/b61-45-/t39-,49-,55-/m1/s1. The van der Waals surface area contributed by atoms with E-state index in [-0.39, 0.29) is 80.1 Å². The average Bonchev–Trinajstić information content (AvgIpc) is 2.31. The molecule has 4 saturated heterocycles. The monoisotopic (exact) mass is 1170 g/mol. The van der Waals surface area contributed by atoms with Crippen LogP contribution in [0.5, 0.6) is 23.0 Å². The van der Waals surface area contributed by atoms with Crippen LogP contribution in [0.15, 0.2) is 71.2 Å². The number of oxime groups is 1. The summed E-state index contributed by atoms with van der Waals surface area (Å²) in [5.41, 5.74) is 2.11. The topological polar surface area (TPSA) is 243 Å². The molecule has 4 aliphatic rings. The molecular weight excluding hydrogens is 1110 g/mol. The second-order valence-electron chi connectivity index (χ2n) is 21.5. The van der Waals surface area contributed by atoms with Crippen molar-refractivity contribution in [1.29, 1.82) is 0 Å². The molecule has 0 aliphatic carbocycles. The first-order valence-electron chi connectivity index (χ1n) is 26.2. The molecule has 81 heavy (non-hydrogen) atoms. The van der Waals surface area contributed by atoms with Gasteiger partial charge in [-0.1, -0.05) is 52.8 Å². The van der Waals surface area contributed by atoms with Crippen LogP contribution in [0, 0.1) is 12.8 Å². The summed E-state index contributed by atoms with van der Waals surface area (Å²) in [5.74, 6) is -2.80. The van der Waals surface area contributed by atoms with Crippen molar-refractivity contribution in [3.8, 4) is 23.0 Å². The fourth-order valence-corrected chi connectivity index (χ4v) is 12.4. The maximum absolute atomic E-state index is 14.2. The van der Waals surface area contributed by atoms with E-state index in [4.69, 9.17) is 52.8 Å². The van der Waals surface area contributed by atoms with E-state index < -0.39 is 68.8 Å². The Morgan fingerprint density at radius 3 is 2.14 bits per heavy atom. The summed E-state index contributed by atoms with van der Waals surface area (Å²) >= 11 is 9.17. The summed E-state index contributed by atoms with van der Waals surface area (Å²) in [4.78, 5) is 107. The van der Waals surface area contributed by atoms with Gasteiger partial charge in [-0.05, 0) is 89.1 Å². The Hall–Kier alpha value is -7.09. The van der Waals surface area contributed by atoms with Gasteiger partial charge < -0.3 is 47.9 Å². The Morgan fingerprint density at radius 1 is 0.901 bits per heavy atom. The van der Waals surface area contributed by atoms with Gasteiger partial charge in [0.25, 0.3) is 11.8 Å². The number of aromatic nitrogens is 1. The smallest absolute Gasteiger partial charge is 0.378 e. The first-order chi connectivity index (χ1) is 38.5. The summed E-state index contributed by atoms with van der Waals surface area (Å²) in [6.45, 7) is 11.5. The molecule has 2 radical (unpaired) electrons. The molecule has 4 aromatic rings. The van der Waals surface area contributed by atoms with E-state index in [1.807, 2.05) is 48.5 Å². The van der Waals surface area contributed by atoms with E-state index in [0.717, 1.165) is 40.7 Å². The van der Waals surface area contributed by atoms with E-state index in [1.165, 1.54) is 35.0 Å². The van der Waals surface area contributed by atoms with Crippen molar-refractivity contribution in [2.75, 3.05) is 66.6 Å². The number of nitrogens with one attached hydrogen (secondary N) is 2. The first kappa shape index (κ1) is 60.0. The molecule has 0 bridgehead atoms. The molecule has 3 aromatic carbocycles. The Bertz CT molecular complexity index is 3060. The maximum atomic E-state index is 14.2. The predicted octanol–water partition coefficient (Wildman–Crippen LogP) is 5.74.